The molecule has 2 aromatic carbocycles. The first-order valence-corrected chi connectivity index (χ1v) is 23.8. The van der Waals surface area contributed by atoms with Crippen molar-refractivity contribution < 1.29 is 87.5 Å². The van der Waals surface area contributed by atoms with Gasteiger partial charge in [-0.3, -0.25) is 34.2 Å². The molecule has 75 heavy (non-hydrogen) atoms. The number of carbonyl (C=O) groups excluding carboxylic acids is 6. The average molecular weight is 1040 g/mol. The molecular formula is C49H51N7O19. The minimum Gasteiger partial charge on any atom is -0.479 e. The molecule has 1 saturated heterocycles. The van der Waals surface area contributed by atoms with Gasteiger partial charge in [0.2, 0.25) is 24.9 Å². The second-order valence-electron chi connectivity index (χ2n) is 18.1. The minimum atomic E-state index is -2.05. The van der Waals surface area contributed by atoms with E-state index in [2.05, 4.69) is 16.0 Å². The first kappa shape index (κ1) is 51.9. The lowest BCUT2D eigenvalue weighted by Crippen LogP contribution is -2.61. The number of benzene rings is 2. The Morgan fingerprint density at radius 2 is 1.72 bits per heavy atom. The third-order valence-electron chi connectivity index (χ3n) is 13.5. The number of amides is 5. The fourth-order valence-corrected chi connectivity index (χ4v) is 9.55. The fourth-order valence-electron chi connectivity index (χ4n) is 9.55. The number of imide groups is 1. The number of rotatable bonds is 17. The van der Waals surface area contributed by atoms with Crippen LogP contribution < -0.4 is 41.5 Å². The van der Waals surface area contributed by atoms with Crippen molar-refractivity contribution in [1.82, 2.24) is 19.8 Å². The Balaban J connectivity index is 0.979. The number of aryl methyl sites for hydroxylation is 1. The van der Waals surface area contributed by atoms with Crippen molar-refractivity contribution in [2.24, 2.45) is 5.73 Å². The molecule has 1 fully saturated rings. The number of aliphatic carboxylic acids is 1. The van der Waals surface area contributed by atoms with Gasteiger partial charge in [-0.05, 0) is 48.6 Å². The number of nitrogens with zero attached hydrogens (tertiary/aromatic N) is 3. The molecule has 5 aliphatic rings. The highest BCUT2D eigenvalue weighted by Crippen LogP contribution is 2.49. The average Bonchev–Trinajstić information content (AvgIpc) is 4.14. The maximum atomic E-state index is 14.1. The van der Waals surface area contributed by atoms with Crippen molar-refractivity contribution in [3.8, 4) is 28.6 Å². The largest absolute Gasteiger partial charge is 0.479 e. The molecule has 0 saturated carbocycles. The van der Waals surface area contributed by atoms with Crippen LogP contribution in [0.25, 0.3) is 22.3 Å². The van der Waals surface area contributed by atoms with Crippen LogP contribution >= 0.6 is 0 Å². The molecule has 0 bridgehead atoms. The second kappa shape index (κ2) is 20.7. The van der Waals surface area contributed by atoms with Gasteiger partial charge in [0.15, 0.2) is 23.2 Å². The summed E-state index contributed by atoms with van der Waals surface area (Å²) in [5.74, 6) is -5.44. The van der Waals surface area contributed by atoms with Gasteiger partial charge in [-0.1, -0.05) is 26.3 Å². The molecule has 7 atom stereocenters. The van der Waals surface area contributed by atoms with Gasteiger partial charge >= 0.3 is 18.0 Å². The molecule has 4 aromatic rings. The number of carbonyl (C=O) groups is 7. The quantitative estimate of drug-likeness (QED) is 0.0432. The van der Waals surface area contributed by atoms with E-state index >= 15 is 0 Å². The Morgan fingerprint density at radius 1 is 0.960 bits per heavy atom. The second-order valence-corrected chi connectivity index (χ2v) is 18.1. The SMILES string of the molecule is CCCCc1c2c(nc3cc4c(c(NC(=O)OCc5ccc(O[C@@H]6O[C@H](C(=O)O)[C@@H](O)[C@H](O)[C@H]6O)c(NC(=O)CCNC(=O)[C@@H](CN)N6C(=O)C=CC6=O)c5)c13)OCO4)-c1cc3c(c(=O)n1C2)COC(=O)[C@]3(O)CC. The summed E-state index contributed by atoms with van der Waals surface area (Å²) in [5.41, 5.74) is 6.28. The number of hydrogen-bond donors (Lipinski definition) is 9. The summed E-state index contributed by atoms with van der Waals surface area (Å²) < 4.78 is 35.1. The summed E-state index contributed by atoms with van der Waals surface area (Å²) in [6.07, 6.45) is -7.55. The lowest BCUT2D eigenvalue weighted by Gasteiger charge is -2.38. The van der Waals surface area contributed by atoms with Gasteiger partial charge in [-0.25, -0.2) is 19.4 Å². The Labute approximate surface area is 423 Å². The number of hydrogen-bond acceptors (Lipinski definition) is 20. The van der Waals surface area contributed by atoms with Gasteiger partial charge in [0.1, 0.15) is 49.0 Å². The lowest BCUT2D eigenvalue weighted by molar-refractivity contribution is -0.271. The van der Waals surface area contributed by atoms with Gasteiger partial charge in [0.25, 0.3) is 17.4 Å². The number of carboxylic acid groups (broad SMARTS) is 1. The summed E-state index contributed by atoms with van der Waals surface area (Å²) in [5, 5.41) is 60.7. The number of carboxylic acids is 1. The number of ether oxygens (including phenoxy) is 6. The molecule has 396 valence electrons. The number of nitrogens with two attached hydrogens (primary N) is 1. The number of anilines is 2. The van der Waals surface area contributed by atoms with Crippen LogP contribution in [0.15, 0.2) is 47.3 Å². The number of cyclic esters (lactones) is 1. The number of aliphatic hydroxyl groups is 4. The molecule has 0 radical (unpaired) electrons. The Kier molecular flexibility index (Phi) is 14.3. The van der Waals surface area contributed by atoms with Crippen LogP contribution in [0.4, 0.5) is 16.2 Å². The van der Waals surface area contributed by atoms with Crippen molar-refractivity contribution in [3.05, 3.63) is 80.7 Å². The highest BCUT2D eigenvalue weighted by Gasteiger charge is 2.49. The summed E-state index contributed by atoms with van der Waals surface area (Å²) >= 11 is 0. The number of unbranched alkanes of at least 4 members (excludes halogenated alkanes) is 1. The van der Waals surface area contributed by atoms with E-state index in [-0.39, 0.29) is 78.2 Å². The van der Waals surface area contributed by atoms with Crippen LogP contribution in [0.3, 0.4) is 0 Å². The first-order valence-electron chi connectivity index (χ1n) is 23.8. The zero-order valence-electron chi connectivity index (χ0n) is 40.2. The van der Waals surface area contributed by atoms with Gasteiger partial charge < -0.3 is 74.9 Å². The smallest absolute Gasteiger partial charge is 0.412 e. The third-order valence-corrected chi connectivity index (χ3v) is 13.5. The highest BCUT2D eigenvalue weighted by molar-refractivity contribution is 6.15. The van der Waals surface area contributed by atoms with Crippen LogP contribution in [0.2, 0.25) is 0 Å². The van der Waals surface area contributed by atoms with Crippen molar-refractivity contribution in [3.63, 3.8) is 0 Å². The summed E-state index contributed by atoms with van der Waals surface area (Å²) in [6.45, 7) is 1.98. The first-order chi connectivity index (χ1) is 35.9. The van der Waals surface area contributed by atoms with Crippen LogP contribution in [-0.2, 0) is 74.8 Å². The number of esters is 1. The van der Waals surface area contributed by atoms with E-state index in [1.54, 1.807) is 19.1 Å². The minimum absolute atomic E-state index is 0.0439. The van der Waals surface area contributed by atoms with Gasteiger partial charge in [0.05, 0.1) is 34.7 Å². The summed E-state index contributed by atoms with van der Waals surface area (Å²) in [4.78, 5) is 109. The van der Waals surface area contributed by atoms with Crippen LogP contribution in [0, 0.1) is 0 Å². The van der Waals surface area contributed by atoms with E-state index < -0.39 is 109 Å². The molecule has 0 spiro atoms. The van der Waals surface area contributed by atoms with E-state index in [4.69, 9.17) is 39.1 Å². The third kappa shape index (κ3) is 9.46. The summed E-state index contributed by atoms with van der Waals surface area (Å²) in [7, 11) is 0. The molecule has 5 amide bonds. The number of aliphatic hydroxyl groups excluding tert-OH is 3. The van der Waals surface area contributed by atoms with E-state index in [1.807, 2.05) is 6.92 Å². The molecule has 9 rings (SSSR count). The standard InChI is InChI=1S/C49H51N7O19/c1-3-5-6-22-23-17-55-28(14-25-24(44(55)64)19-70-47(67)49(25,69)4-2)36(23)53-27-15-31-41(73-20-72-31)37(35(22)27)54-48(68)71-18-21-7-8-30(74-46-40(62)38(60)39(61)42(75-46)45(65)66)26(13-21)52-32(57)11-12-51-43(63)29(16-50)56-33(58)9-10-34(56)59/h7-10,13-15,29,38-40,42,46,60-62,69H,3-6,11-12,16-20,50H2,1-2H3,(H,51,63)(H,52,57)(H,54,68)(H,65,66)/t29-,38+,39+,40-,42+,46-,49+/m1/s1. The Bertz CT molecular complexity index is 3140. The van der Waals surface area contributed by atoms with Gasteiger partial charge in [-0.15, -0.1) is 0 Å². The molecular weight excluding hydrogens is 991 g/mol. The van der Waals surface area contributed by atoms with Gasteiger partial charge in [-0.2, -0.15) is 0 Å². The number of aromatic nitrogens is 2. The van der Waals surface area contributed by atoms with E-state index in [0.29, 0.717) is 45.6 Å². The van der Waals surface area contributed by atoms with Crippen LogP contribution in [0.1, 0.15) is 67.3 Å². The van der Waals surface area contributed by atoms with Crippen molar-refractivity contribution in [2.45, 2.75) is 108 Å². The molecule has 26 nitrogen and oxygen atoms in total. The zero-order chi connectivity index (χ0) is 53.6. The van der Waals surface area contributed by atoms with E-state index in [0.717, 1.165) is 24.1 Å². The molecule has 5 aliphatic heterocycles. The van der Waals surface area contributed by atoms with E-state index in [9.17, 15) is 63.9 Å². The monoisotopic (exact) mass is 1040 g/mol. The molecule has 2 aromatic heterocycles. The number of fused-ring (bicyclic) bond motifs is 6. The predicted octanol–water partition coefficient (Wildman–Crippen LogP) is -0.132. The van der Waals surface area contributed by atoms with Crippen LogP contribution in [-0.4, -0.2) is 138 Å². The molecule has 7 heterocycles. The topological polar surface area (TPSA) is 376 Å². The van der Waals surface area contributed by atoms with Crippen LogP contribution in [0.5, 0.6) is 17.2 Å². The predicted molar refractivity (Wildman–Crippen MR) is 255 cm³/mol. The Morgan fingerprint density at radius 3 is 2.43 bits per heavy atom. The van der Waals surface area contributed by atoms with Crippen molar-refractivity contribution in [1.29, 1.82) is 0 Å². The maximum Gasteiger partial charge on any atom is 0.412 e. The number of pyridine rings is 2. The van der Waals surface area contributed by atoms with E-state index in [1.165, 1.54) is 22.8 Å². The van der Waals surface area contributed by atoms with Crippen molar-refractivity contribution in [2.75, 3.05) is 30.5 Å². The highest BCUT2D eigenvalue weighted by atomic mass is 16.7. The lowest BCUT2D eigenvalue weighted by atomic mass is 9.86. The molecule has 0 unspecified atom stereocenters. The van der Waals surface area contributed by atoms with Gasteiger partial charge in [0, 0.05) is 54.2 Å². The normalized spacial score (nSPS) is 22.5. The Hall–Kier alpha value is -8.01. The summed E-state index contributed by atoms with van der Waals surface area (Å²) in [6, 6.07) is 5.83. The fraction of sp³-hybridized carbons (Fsp3) is 0.408. The number of nitrogens with one attached hydrogen (secondary N) is 3. The zero-order valence-corrected chi connectivity index (χ0v) is 40.2. The van der Waals surface area contributed by atoms with Crippen molar-refractivity contribution >= 4 is 63.9 Å². The molecule has 10 N–H and O–H groups in total. The molecule has 0 aliphatic carbocycles. The molecule has 26 heteroatoms. The maximum absolute atomic E-state index is 14.1.